The minimum Gasteiger partial charge on any atom is -0.340 e. The number of fused-ring (bicyclic) bond motifs is 3. The molecule has 0 amide bonds. The Morgan fingerprint density at radius 1 is 0.775 bits per heavy atom. The van der Waals surface area contributed by atoms with E-state index in [0.717, 1.165) is 55.7 Å². The maximum atomic E-state index is 9.42. The van der Waals surface area contributed by atoms with Gasteiger partial charge in [-0.25, -0.2) is 4.98 Å². The molecule has 0 aliphatic rings. The van der Waals surface area contributed by atoms with E-state index in [4.69, 9.17) is 4.98 Å². The van der Waals surface area contributed by atoms with Crippen LogP contribution in [-0.2, 0) is 0 Å². The van der Waals surface area contributed by atoms with Gasteiger partial charge in [-0.1, -0.05) is 130 Å². The van der Waals surface area contributed by atoms with E-state index in [0.29, 0.717) is 5.84 Å². The second-order valence-corrected chi connectivity index (χ2v) is 8.99. The van der Waals surface area contributed by atoms with Gasteiger partial charge in [-0.15, -0.1) is 0 Å². The van der Waals surface area contributed by atoms with Crippen LogP contribution in [0.4, 0.5) is 11.5 Å². The van der Waals surface area contributed by atoms with Crippen LogP contribution in [-0.4, -0.2) is 15.4 Å². The van der Waals surface area contributed by atoms with Crippen LogP contribution in [0.25, 0.3) is 38.6 Å². The summed E-state index contributed by atoms with van der Waals surface area (Å²) in [6.45, 7) is 7.92. The fourth-order valence-corrected chi connectivity index (χ4v) is 4.87. The van der Waals surface area contributed by atoms with Crippen LogP contribution >= 0.6 is 0 Å². The van der Waals surface area contributed by atoms with Crippen LogP contribution < -0.4 is 5.32 Å². The van der Waals surface area contributed by atoms with E-state index in [-0.39, 0.29) is 0 Å². The number of para-hydroxylation sites is 2. The van der Waals surface area contributed by atoms with Gasteiger partial charge in [-0.05, 0) is 35.4 Å². The Kier molecular flexibility index (Phi) is 7.98. The van der Waals surface area contributed by atoms with Crippen LogP contribution in [0.2, 0.25) is 0 Å². The quantitative estimate of drug-likeness (QED) is 0.130. The number of hydrogen-bond acceptors (Lipinski definition) is 3. The lowest BCUT2D eigenvalue weighted by atomic mass is 10.0. The Balaban J connectivity index is 0.00000158. The van der Waals surface area contributed by atoms with E-state index in [2.05, 4.69) is 42.2 Å². The Labute approximate surface area is 235 Å². The third-order valence-corrected chi connectivity index (χ3v) is 6.61. The highest BCUT2D eigenvalue weighted by Crippen LogP contribution is 2.37. The van der Waals surface area contributed by atoms with Gasteiger partial charge < -0.3 is 5.32 Å². The predicted molar refractivity (Wildman–Crippen MR) is 171 cm³/mol. The fourth-order valence-electron chi connectivity index (χ4n) is 4.87. The number of nitrogens with zero attached hydrogens (tertiary/aromatic N) is 2. The van der Waals surface area contributed by atoms with Crippen molar-refractivity contribution in [3.8, 4) is 11.1 Å². The molecule has 0 radical (unpaired) electrons. The minimum atomic E-state index is 0.367. The molecule has 0 saturated carbocycles. The summed E-state index contributed by atoms with van der Waals surface area (Å²) in [5, 5.41) is 14.0. The normalized spacial score (nSPS) is 11.1. The SMILES string of the molecule is C=C/C=C(\C(=N)n1c2ccccc2c2nc(Nc3ccccc3)c(-c3ccccc3)cc21)c1ccccc1.CC. The smallest absolute Gasteiger partial charge is 0.139 e. The molecule has 196 valence electrons. The van der Waals surface area contributed by atoms with Crippen molar-refractivity contribution in [2.24, 2.45) is 0 Å². The molecule has 2 aromatic heterocycles. The molecule has 4 nitrogen and oxygen atoms in total. The average Bonchev–Trinajstić information content (AvgIpc) is 3.35. The van der Waals surface area contributed by atoms with Crippen LogP contribution in [0.1, 0.15) is 19.4 Å². The fraction of sp³-hybridized carbons (Fsp3) is 0.0556. The third kappa shape index (κ3) is 5.07. The van der Waals surface area contributed by atoms with Crippen molar-refractivity contribution >= 4 is 44.9 Å². The highest BCUT2D eigenvalue weighted by atomic mass is 15.1. The Morgan fingerprint density at radius 2 is 1.38 bits per heavy atom. The van der Waals surface area contributed by atoms with Gasteiger partial charge in [-0.2, -0.15) is 0 Å². The molecular formula is C36H32N4. The molecule has 0 aliphatic heterocycles. The molecule has 4 heteroatoms. The van der Waals surface area contributed by atoms with Crippen molar-refractivity contribution in [2.45, 2.75) is 13.8 Å². The summed E-state index contributed by atoms with van der Waals surface area (Å²) in [7, 11) is 0. The highest BCUT2D eigenvalue weighted by molar-refractivity contribution is 6.28. The van der Waals surface area contributed by atoms with Crippen molar-refractivity contribution in [1.82, 2.24) is 9.55 Å². The van der Waals surface area contributed by atoms with E-state index in [1.165, 1.54) is 0 Å². The van der Waals surface area contributed by atoms with Crippen molar-refractivity contribution < 1.29 is 0 Å². The van der Waals surface area contributed by atoms with Gasteiger partial charge in [0.2, 0.25) is 0 Å². The number of aromatic nitrogens is 2. The molecule has 2 N–H and O–H groups in total. The van der Waals surface area contributed by atoms with Gasteiger partial charge in [0.25, 0.3) is 0 Å². The summed E-state index contributed by atoms with van der Waals surface area (Å²) in [5.74, 6) is 1.14. The maximum Gasteiger partial charge on any atom is 0.139 e. The molecule has 40 heavy (non-hydrogen) atoms. The Morgan fingerprint density at radius 3 is 2.05 bits per heavy atom. The van der Waals surface area contributed by atoms with Crippen molar-refractivity contribution in [1.29, 1.82) is 5.41 Å². The summed E-state index contributed by atoms with van der Waals surface area (Å²) < 4.78 is 2.00. The van der Waals surface area contributed by atoms with Crippen LogP contribution in [0.5, 0.6) is 0 Å². The van der Waals surface area contributed by atoms with Crippen LogP contribution in [0.15, 0.2) is 140 Å². The predicted octanol–water partition coefficient (Wildman–Crippen LogP) is 9.72. The lowest BCUT2D eigenvalue weighted by molar-refractivity contribution is 1.23. The Hall–Kier alpha value is -5.22. The second-order valence-electron chi connectivity index (χ2n) is 8.99. The molecule has 0 atom stereocenters. The summed E-state index contributed by atoms with van der Waals surface area (Å²) in [5.41, 5.74) is 7.38. The van der Waals surface area contributed by atoms with E-state index < -0.39 is 0 Å². The van der Waals surface area contributed by atoms with Crippen molar-refractivity contribution in [3.63, 3.8) is 0 Å². The largest absolute Gasteiger partial charge is 0.340 e. The molecule has 0 unspecified atom stereocenters. The first-order chi connectivity index (χ1) is 19.7. The molecule has 4 aromatic carbocycles. The lowest BCUT2D eigenvalue weighted by Crippen LogP contribution is -2.13. The number of allylic oxidation sites excluding steroid dienone is 3. The average molecular weight is 521 g/mol. The summed E-state index contributed by atoms with van der Waals surface area (Å²) >= 11 is 0. The lowest BCUT2D eigenvalue weighted by Gasteiger charge is -2.15. The molecular weight excluding hydrogens is 488 g/mol. The molecule has 6 rings (SSSR count). The summed E-state index contributed by atoms with van der Waals surface area (Å²) in [6, 6.07) is 40.6. The minimum absolute atomic E-state index is 0.367. The third-order valence-electron chi connectivity index (χ3n) is 6.61. The number of anilines is 2. The van der Waals surface area contributed by atoms with Crippen LogP contribution in [0, 0.1) is 5.41 Å². The van der Waals surface area contributed by atoms with Gasteiger partial charge in [0.1, 0.15) is 11.7 Å². The van der Waals surface area contributed by atoms with E-state index >= 15 is 0 Å². The molecule has 6 aromatic rings. The first-order valence-corrected chi connectivity index (χ1v) is 13.5. The summed E-state index contributed by atoms with van der Waals surface area (Å²) in [4.78, 5) is 5.19. The van der Waals surface area contributed by atoms with E-state index in [1.807, 2.05) is 115 Å². The maximum absolute atomic E-state index is 9.42. The number of hydrogen-bond donors (Lipinski definition) is 2. The van der Waals surface area contributed by atoms with Gasteiger partial charge in [-0.3, -0.25) is 9.98 Å². The molecule has 0 fully saturated rings. The van der Waals surface area contributed by atoms with Gasteiger partial charge in [0, 0.05) is 22.2 Å². The number of benzene rings is 4. The van der Waals surface area contributed by atoms with Crippen molar-refractivity contribution in [2.75, 3.05) is 5.32 Å². The second kappa shape index (κ2) is 12.1. The summed E-state index contributed by atoms with van der Waals surface area (Å²) in [6.07, 6.45) is 3.63. The van der Waals surface area contributed by atoms with Crippen LogP contribution in [0.3, 0.4) is 0 Å². The number of rotatable bonds is 6. The number of pyridine rings is 1. The van der Waals surface area contributed by atoms with Gasteiger partial charge in [0.05, 0.1) is 16.6 Å². The standard InChI is InChI=1S/C34H26N4.C2H6/c1-2-14-27(24-15-6-3-7-16-24)33(35)38-30-22-13-12-21-28(30)32-31(38)23-29(25-17-8-4-9-18-25)34(37-32)36-26-19-10-5-11-20-26;1-2/h2-23,35H,1H2,(H,36,37);1-2H3/b27-14-,35-33?;. The Bertz CT molecular complexity index is 1800. The molecule has 0 bridgehead atoms. The van der Waals surface area contributed by atoms with Crippen molar-refractivity contribution in [3.05, 3.63) is 146 Å². The van der Waals surface area contributed by atoms with Gasteiger partial charge in [0.15, 0.2) is 0 Å². The highest BCUT2D eigenvalue weighted by Gasteiger charge is 2.21. The molecule has 2 heterocycles. The molecule has 0 saturated heterocycles. The monoisotopic (exact) mass is 520 g/mol. The number of nitrogens with one attached hydrogen (secondary N) is 2. The molecule has 0 aliphatic carbocycles. The van der Waals surface area contributed by atoms with E-state index in [1.54, 1.807) is 6.08 Å². The first kappa shape index (κ1) is 26.4. The van der Waals surface area contributed by atoms with E-state index in [9.17, 15) is 5.41 Å². The topological polar surface area (TPSA) is 53.7 Å². The zero-order valence-corrected chi connectivity index (χ0v) is 22.8. The molecule has 0 spiro atoms. The zero-order chi connectivity index (χ0) is 27.9. The van der Waals surface area contributed by atoms with Gasteiger partial charge >= 0.3 is 0 Å². The zero-order valence-electron chi connectivity index (χ0n) is 22.8. The first-order valence-electron chi connectivity index (χ1n) is 13.5.